The van der Waals surface area contributed by atoms with Gasteiger partial charge in [-0.25, -0.2) is 0 Å². The van der Waals surface area contributed by atoms with Gasteiger partial charge >= 0.3 is 0 Å². The molecule has 2 atom stereocenters. The van der Waals surface area contributed by atoms with Crippen LogP contribution >= 0.6 is 23.2 Å². The van der Waals surface area contributed by atoms with Crippen molar-refractivity contribution in [3.8, 4) is 0 Å². The molecule has 0 heterocycles. The van der Waals surface area contributed by atoms with E-state index in [0.29, 0.717) is 10.0 Å². The van der Waals surface area contributed by atoms with Gasteiger partial charge in [-0.05, 0) is 35.4 Å². The Bertz CT molecular complexity index is 461. The summed E-state index contributed by atoms with van der Waals surface area (Å²) < 4.78 is 0. The molecule has 2 nitrogen and oxygen atoms in total. The van der Waals surface area contributed by atoms with Gasteiger partial charge in [0, 0.05) is 10.0 Å². The molecule has 0 aliphatic rings. The van der Waals surface area contributed by atoms with Crippen LogP contribution in [-0.4, -0.2) is 5.11 Å². The van der Waals surface area contributed by atoms with E-state index in [1.165, 1.54) is 0 Å². The Hall–Kier alpha value is -1.06. The topological polar surface area (TPSA) is 46.2 Å². The minimum atomic E-state index is -0.775. The van der Waals surface area contributed by atoms with Gasteiger partial charge in [-0.3, -0.25) is 0 Å². The zero-order chi connectivity index (χ0) is 13.1. The Morgan fingerprint density at radius 1 is 0.778 bits per heavy atom. The Balaban J connectivity index is 2.20. The maximum absolute atomic E-state index is 10.2. The number of aliphatic hydroxyl groups is 1. The van der Waals surface area contributed by atoms with Crippen LogP contribution in [0.25, 0.3) is 0 Å². The minimum absolute atomic E-state index is 0.497. The standard InChI is InChI=1S/C14H13Cl2NO/c15-11-5-1-9(2-6-11)13(17)14(18)10-3-7-12(16)8-4-10/h1-8,13-14,18H,17H2/t13-,14+/m1/s1. The fraction of sp³-hybridized carbons (Fsp3) is 0.143. The Morgan fingerprint density at radius 3 is 1.61 bits per heavy atom. The highest BCUT2D eigenvalue weighted by Gasteiger charge is 2.18. The van der Waals surface area contributed by atoms with Gasteiger partial charge in [-0.1, -0.05) is 47.5 Å². The van der Waals surface area contributed by atoms with Crippen molar-refractivity contribution in [1.29, 1.82) is 0 Å². The molecule has 2 rings (SSSR count). The zero-order valence-electron chi connectivity index (χ0n) is 9.55. The molecular formula is C14H13Cl2NO. The van der Waals surface area contributed by atoms with E-state index in [1.807, 2.05) is 12.1 Å². The summed E-state index contributed by atoms with van der Waals surface area (Å²) >= 11 is 11.6. The van der Waals surface area contributed by atoms with E-state index in [2.05, 4.69) is 0 Å². The van der Waals surface area contributed by atoms with Gasteiger partial charge in [0.2, 0.25) is 0 Å². The third-order valence-corrected chi connectivity index (χ3v) is 3.31. The number of aliphatic hydroxyl groups excluding tert-OH is 1. The molecule has 0 saturated carbocycles. The smallest absolute Gasteiger partial charge is 0.0982 e. The van der Waals surface area contributed by atoms with Crippen molar-refractivity contribution < 1.29 is 5.11 Å². The summed E-state index contributed by atoms with van der Waals surface area (Å²) in [5.74, 6) is 0. The molecule has 18 heavy (non-hydrogen) atoms. The van der Waals surface area contributed by atoms with Gasteiger partial charge in [0.1, 0.15) is 0 Å². The van der Waals surface area contributed by atoms with Crippen LogP contribution < -0.4 is 5.73 Å². The molecule has 2 aromatic rings. The average Bonchev–Trinajstić information content (AvgIpc) is 2.39. The third-order valence-electron chi connectivity index (χ3n) is 2.81. The summed E-state index contributed by atoms with van der Waals surface area (Å²) in [4.78, 5) is 0. The summed E-state index contributed by atoms with van der Waals surface area (Å²) in [7, 11) is 0. The minimum Gasteiger partial charge on any atom is -0.386 e. The van der Waals surface area contributed by atoms with Gasteiger partial charge in [-0.2, -0.15) is 0 Å². The summed E-state index contributed by atoms with van der Waals surface area (Å²) in [6, 6.07) is 13.6. The van der Waals surface area contributed by atoms with E-state index in [0.717, 1.165) is 11.1 Å². The molecule has 0 aromatic heterocycles. The lowest BCUT2D eigenvalue weighted by Crippen LogP contribution is -2.19. The van der Waals surface area contributed by atoms with E-state index in [9.17, 15) is 5.11 Å². The van der Waals surface area contributed by atoms with Crippen LogP contribution in [0.2, 0.25) is 10.0 Å². The van der Waals surface area contributed by atoms with E-state index >= 15 is 0 Å². The Labute approximate surface area is 116 Å². The first-order chi connectivity index (χ1) is 8.58. The van der Waals surface area contributed by atoms with E-state index in [-0.39, 0.29) is 0 Å². The Kier molecular flexibility index (Phi) is 4.25. The fourth-order valence-electron chi connectivity index (χ4n) is 1.73. The van der Waals surface area contributed by atoms with Crippen molar-refractivity contribution in [1.82, 2.24) is 0 Å². The number of rotatable bonds is 3. The summed E-state index contributed by atoms with van der Waals surface area (Å²) in [6.45, 7) is 0. The SMILES string of the molecule is N[C@H](c1ccc(Cl)cc1)[C@@H](O)c1ccc(Cl)cc1. The first kappa shape index (κ1) is 13.4. The molecule has 0 bridgehead atoms. The average molecular weight is 282 g/mol. The van der Waals surface area contributed by atoms with Crippen molar-refractivity contribution in [2.24, 2.45) is 5.73 Å². The van der Waals surface area contributed by atoms with Gasteiger partial charge in [0.15, 0.2) is 0 Å². The predicted molar refractivity (Wildman–Crippen MR) is 74.8 cm³/mol. The van der Waals surface area contributed by atoms with Crippen LogP contribution in [0.4, 0.5) is 0 Å². The third kappa shape index (κ3) is 3.03. The zero-order valence-corrected chi connectivity index (χ0v) is 11.1. The maximum atomic E-state index is 10.2. The molecule has 2 aromatic carbocycles. The van der Waals surface area contributed by atoms with Crippen molar-refractivity contribution >= 4 is 23.2 Å². The van der Waals surface area contributed by atoms with Crippen LogP contribution in [0.3, 0.4) is 0 Å². The van der Waals surface area contributed by atoms with E-state index < -0.39 is 12.1 Å². The normalized spacial score (nSPS) is 14.2. The molecule has 3 N–H and O–H groups in total. The van der Waals surface area contributed by atoms with Crippen molar-refractivity contribution in [3.63, 3.8) is 0 Å². The summed E-state index contributed by atoms with van der Waals surface area (Å²) in [5, 5.41) is 11.5. The lowest BCUT2D eigenvalue weighted by molar-refractivity contribution is 0.147. The molecule has 94 valence electrons. The number of halogens is 2. The second-order valence-electron chi connectivity index (χ2n) is 4.07. The molecule has 0 spiro atoms. The molecule has 0 unspecified atom stereocenters. The van der Waals surface area contributed by atoms with Gasteiger partial charge < -0.3 is 10.8 Å². The van der Waals surface area contributed by atoms with E-state index in [4.69, 9.17) is 28.9 Å². The number of hydrogen-bond donors (Lipinski definition) is 2. The lowest BCUT2D eigenvalue weighted by atomic mass is 9.97. The van der Waals surface area contributed by atoms with Crippen LogP contribution in [0.15, 0.2) is 48.5 Å². The van der Waals surface area contributed by atoms with Crippen LogP contribution in [0, 0.1) is 0 Å². The molecule has 0 saturated heterocycles. The predicted octanol–water partition coefficient (Wildman–Crippen LogP) is 3.73. The second-order valence-corrected chi connectivity index (χ2v) is 4.95. The monoisotopic (exact) mass is 281 g/mol. The highest BCUT2D eigenvalue weighted by Crippen LogP contribution is 2.28. The number of nitrogens with two attached hydrogens (primary N) is 1. The van der Waals surface area contributed by atoms with E-state index in [1.54, 1.807) is 36.4 Å². The number of hydrogen-bond acceptors (Lipinski definition) is 2. The van der Waals surface area contributed by atoms with Gasteiger partial charge in [0.05, 0.1) is 12.1 Å². The number of benzene rings is 2. The Morgan fingerprint density at radius 2 is 1.17 bits per heavy atom. The van der Waals surface area contributed by atoms with Gasteiger partial charge in [0.25, 0.3) is 0 Å². The molecule has 0 aliphatic heterocycles. The van der Waals surface area contributed by atoms with Crippen molar-refractivity contribution in [2.75, 3.05) is 0 Å². The lowest BCUT2D eigenvalue weighted by Gasteiger charge is -2.19. The highest BCUT2D eigenvalue weighted by molar-refractivity contribution is 6.30. The molecule has 0 radical (unpaired) electrons. The van der Waals surface area contributed by atoms with Crippen molar-refractivity contribution in [3.05, 3.63) is 69.7 Å². The first-order valence-electron chi connectivity index (χ1n) is 5.52. The molecule has 0 aliphatic carbocycles. The molecule has 0 amide bonds. The molecular weight excluding hydrogens is 269 g/mol. The first-order valence-corrected chi connectivity index (χ1v) is 6.28. The van der Waals surface area contributed by atoms with Crippen molar-refractivity contribution in [2.45, 2.75) is 12.1 Å². The fourth-order valence-corrected chi connectivity index (χ4v) is 1.99. The summed E-state index contributed by atoms with van der Waals surface area (Å²) in [6.07, 6.45) is -0.775. The quantitative estimate of drug-likeness (QED) is 0.901. The second kappa shape index (κ2) is 5.72. The van der Waals surface area contributed by atoms with Crippen LogP contribution in [0.5, 0.6) is 0 Å². The van der Waals surface area contributed by atoms with Crippen LogP contribution in [-0.2, 0) is 0 Å². The molecule has 0 fully saturated rings. The highest BCUT2D eigenvalue weighted by atomic mass is 35.5. The van der Waals surface area contributed by atoms with Crippen LogP contribution in [0.1, 0.15) is 23.3 Å². The maximum Gasteiger partial charge on any atom is 0.0982 e. The van der Waals surface area contributed by atoms with Gasteiger partial charge in [-0.15, -0.1) is 0 Å². The summed E-state index contributed by atoms with van der Waals surface area (Å²) in [5.41, 5.74) is 7.61. The molecule has 4 heteroatoms. The largest absolute Gasteiger partial charge is 0.386 e.